The molecular weight excluding hydrogens is 282 g/mol. The van der Waals surface area contributed by atoms with E-state index < -0.39 is 0 Å². The van der Waals surface area contributed by atoms with Gasteiger partial charge in [0.15, 0.2) is 37.9 Å². The van der Waals surface area contributed by atoms with Gasteiger partial charge in [-0.25, -0.2) is 9.13 Å². The van der Waals surface area contributed by atoms with E-state index in [-0.39, 0.29) is 0 Å². The maximum absolute atomic E-state index is 2.44. The third-order valence-corrected chi connectivity index (χ3v) is 3.93. The zero-order valence-corrected chi connectivity index (χ0v) is 13.3. The molecule has 0 fully saturated rings. The standard InChI is InChI=1S/C20H23N3/c1-4-10-20(11-5-1)23(18-16-21-12-6-2-7-13-21)19-17-22-14-8-3-9-15-22/h1-15H,16-19H2/q+2. The first-order valence-electron chi connectivity index (χ1n) is 8.10. The Labute approximate surface area is 138 Å². The van der Waals surface area contributed by atoms with Crippen LogP contribution < -0.4 is 14.0 Å². The Kier molecular flexibility index (Phi) is 5.35. The van der Waals surface area contributed by atoms with Gasteiger partial charge in [0.2, 0.25) is 0 Å². The summed E-state index contributed by atoms with van der Waals surface area (Å²) in [5, 5.41) is 0. The summed E-state index contributed by atoms with van der Waals surface area (Å²) in [5.74, 6) is 0. The van der Waals surface area contributed by atoms with Crippen LogP contribution in [0.25, 0.3) is 0 Å². The SMILES string of the molecule is c1ccc(N(CC[n+]2ccccc2)CC[n+]2ccccc2)cc1. The third-order valence-electron chi connectivity index (χ3n) is 3.93. The van der Waals surface area contributed by atoms with Gasteiger partial charge in [-0.1, -0.05) is 30.3 Å². The monoisotopic (exact) mass is 305 g/mol. The van der Waals surface area contributed by atoms with Crippen LogP contribution in [0.4, 0.5) is 5.69 Å². The second kappa shape index (κ2) is 8.08. The fourth-order valence-electron chi connectivity index (χ4n) is 2.65. The van der Waals surface area contributed by atoms with Crippen molar-refractivity contribution in [3.05, 3.63) is 91.5 Å². The Hall–Kier alpha value is -2.68. The lowest BCUT2D eigenvalue weighted by Gasteiger charge is -2.22. The first-order valence-corrected chi connectivity index (χ1v) is 8.10. The summed E-state index contributed by atoms with van der Waals surface area (Å²) in [6.07, 6.45) is 8.48. The average Bonchev–Trinajstić information content (AvgIpc) is 2.64. The Morgan fingerprint density at radius 1 is 0.565 bits per heavy atom. The number of aromatic nitrogens is 2. The largest absolute Gasteiger partial charge is 0.359 e. The predicted molar refractivity (Wildman–Crippen MR) is 91.9 cm³/mol. The summed E-state index contributed by atoms with van der Waals surface area (Å²) in [5.41, 5.74) is 1.28. The molecule has 0 radical (unpaired) electrons. The minimum absolute atomic E-state index is 0.981. The Balaban J connectivity index is 1.66. The molecule has 0 saturated carbocycles. The molecule has 3 heteroatoms. The lowest BCUT2D eigenvalue weighted by Crippen LogP contribution is -2.44. The summed E-state index contributed by atoms with van der Waals surface area (Å²) < 4.78 is 4.46. The van der Waals surface area contributed by atoms with Crippen LogP contribution in [-0.2, 0) is 13.1 Å². The lowest BCUT2D eigenvalue weighted by molar-refractivity contribution is -0.697. The molecule has 3 aromatic rings. The normalized spacial score (nSPS) is 10.4. The zero-order valence-electron chi connectivity index (χ0n) is 13.3. The molecule has 0 atom stereocenters. The molecule has 0 amide bonds. The number of benzene rings is 1. The Bertz CT molecular complexity index is 640. The second-order valence-corrected chi connectivity index (χ2v) is 5.55. The summed E-state index contributed by atoms with van der Waals surface area (Å²) in [6.45, 7) is 3.95. The van der Waals surface area contributed by atoms with Gasteiger partial charge in [-0.05, 0) is 12.1 Å². The van der Waals surface area contributed by atoms with Crippen molar-refractivity contribution in [2.24, 2.45) is 0 Å². The van der Waals surface area contributed by atoms with E-state index in [9.17, 15) is 0 Å². The summed E-state index contributed by atoms with van der Waals surface area (Å²) in [6, 6.07) is 23.1. The number of hydrogen-bond donors (Lipinski definition) is 0. The van der Waals surface area contributed by atoms with Crippen LogP contribution in [0.5, 0.6) is 0 Å². The topological polar surface area (TPSA) is 11.0 Å². The molecule has 23 heavy (non-hydrogen) atoms. The number of para-hydroxylation sites is 1. The van der Waals surface area contributed by atoms with Crippen molar-refractivity contribution >= 4 is 5.69 Å². The van der Waals surface area contributed by atoms with Crippen LogP contribution in [0.1, 0.15) is 0 Å². The van der Waals surface area contributed by atoms with Gasteiger partial charge in [0.25, 0.3) is 0 Å². The number of hydrogen-bond acceptors (Lipinski definition) is 1. The highest BCUT2D eigenvalue weighted by molar-refractivity contribution is 5.45. The summed E-state index contributed by atoms with van der Waals surface area (Å²) in [7, 11) is 0. The van der Waals surface area contributed by atoms with Crippen LogP contribution in [0.2, 0.25) is 0 Å². The minimum Gasteiger partial charge on any atom is -0.359 e. The van der Waals surface area contributed by atoms with Crippen LogP contribution in [0.15, 0.2) is 91.5 Å². The molecule has 0 N–H and O–H groups in total. The first-order chi connectivity index (χ1) is 11.4. The van der Waals surface area contributed by atoms with Gasteiger partial charge in [0, 0.05) is 30.0 Å². The van der Waals surface area contributed by atoms with Crippen LogP contribution in [0.3, 0.4) is 0 Å². The average molecular weight is 305 g/mol. The number of pyridine rings is 2. The van der Waals surface area contributed by atoms with Crippen molar-refractivity contribution in [1.82, 2.24) is 0 Å². The number of rotatable bonds is 7. The molecule has 0 spiro atoms. The van der Waals surface area contributed by atoms with E-state index in [2.05, 4.69) is 106 Å². The molecule has 3 nitrogen and oxygen atoms in total. The molecule has 3 rings (SSSR count). The fraction of sp³-hybridized carbons (Fsp3) is 0.200. The lowest BCUT2D eigenvalue weighted by atomic mass is 10.2. The van der Waals surface area contributed by atoms with Crippen LogP contribution >= 0.6 is 0 Å². The summed E-state index contributed by atoms with van der Waals surface area (Å²) >= 11 is 0. The van der Waals surface area contributed by atoms with Crippen molar-refractivity contribution in [1.29, 1.82) is 0 Å². The summed E-state index contributed by atoms with van der Waals surface area (Å²) in [4.78, 5) is 2.44. The predicted octanol–water partition coefficient (Wildman–Crippen LogP) is 2.47. The van der Waals surface area contributed by atoms with E-state index in [4.69, 9.17) is 0 Å². The van der Waals surface area contributed by atoms with Gasteiger partial charge in [0.05, 0.1) is 13.1 Å². The molecule has 1 aromatic carbocycles. The van der Waals surface area contributed by atoms with Crippen molar-refractivity contribution in [3.63, 3.8) is 0 Å². The van der Waals surface area contributed by atoms with E-state index in [0.717, 1.165) is 26.2 Å². The van der Waals surface area contributed by atoms with E-state index in [1.807, 2.05) is 0 Å². The van der Waals surface area contributed by atoms with Crippen molar-refractivity contribution in [3.8, 4) is 0 Å². The second-order valence-electron chi connectivity index (χ2n) is 5.55. The van der Waals surface area contributed by atoms with Gasteiger partial charge < -0.3 is 4.90 Å². The maximum Gasteiger partial charge on any atom is 0.168 e. The molecule has 0 aliphatic carbocycles. The molecule has 0 saturated heterocycles. The van der Waals surface area contributed by atoms with Crippen molar-refractivity contribution in [2.45, 2.75) is 13.1 Å². The molecule has 2 aromatic heterocycles. The van der Waals surface area contributed by atoms with Gasteiger partial charge in [0.1, 0.15) is 0 Å². The van der Waals surface area contributed by atoms with E-state index >= 15 is 0 Å². The molecule has 0 unspecified atom stereocenters. The Morgan fingerprint density at radius 2 is 1.00 bits per heavy atom. The first kappa shape index (κ1) is 15.2. The van der Waals surface area contributed by atoms with E-state index in [0.29, 0.717) is 0 Å². The molecular formula is C20H23N3+2. The third kappa shape index (κ3) is 4.65. The van der Waals surface area contributed by atoms with Gasteiger partial charge in [-0.2, -0.15) is 0 Å². The minimum atomic E-state index is 0.981. The number of nitrogens with zero attached hydrogens (tertiary/aromatic N) is 3. The van der Waals surface area contributed by atoms with Gasteiger partial charge in [-0.15, -0.1) is 0 Å². The Morgan fingerprint density at radius 3 is 1.48 bits per heavy atom. The molecule has 0 aliphatic heterocycles. The smallest absolute Gasteiger partial charge is 0.168 e. The van der Waals surface area contributed by atoms with E-state index in [1.54, 1.807) is 0 Å². The van der Waals surface area contributed by atoms with Crippen molar-refractivity contribution in [2.75, 3.05) is 18.0 Å². The fourth-order valence-corrected chi connectivity index (χ4v) is 2.65. The highest BCUT2D eigenvalue weighted by Crippen LogP contribution is 2.12. The van der Waals surface area contributed by atoms with Gasteiger partial charge >= 0.3 is 0 Å². The zero-order chi connectivity index (χ0) is 15.7. The molecule has 0 aliphatic rings. The van der Waals surface area contributed by atoms with E-state index in [1.165, 1.54) is 5.69 Å². The highest BCUT2D eigenvalue weighted by atomic mass is 15.2. The maximum atomic E-state index is 2.44. The molecule has 2 heterocycles. The van der Waals surface area contributed by atoms with Crippen molar-refractivity contribution < 1.29 is 9.13 Å². The molecule has 116 valence electrons. The number of anilines is 1. The molecule has 0 bridgehead atoms. The quantitative estimate of drug-likeness (QED) is 0.610. The van der Waals surface area contributed by atoms with Crippen LogP contribution in [-0.4, -0.2) is 13.1 Å². The highest BCUT2D eigenvalue weighted by Gasteiger charge is 2.11. The van der Waals surface area contributed by atoms with Crippen LogP contribution in [0, 0.1) is 0 Å². The van der Waals surface area contributed by atoms with Gasteiger partial charge in [-0.3, -0.25) is 0 Å².